The molecule has 0 aliphatic carbocycles. The normalized spacial score (nSPS) is 32.0. The van der Waals surface area contributed by atoms with E-state index in [-0.39, 0.29) is 16.7 Å². The third kappa shape index (κ3) is 5.17. The predicted molar refractivity (Wildman–Crippen MR) is 108 cm³/mol. The molecule has 26 heavy (non-hydrogen) atoms. The first-order valence-electron chi connectivity index (χ1n) is 9.43. The SMILES string of the molecule is CC(C)(C)[Si](C)(C)O[C@@H]1[C@@H](O)[C@@H](O)O[C@H](CO)[C@H]1O[Si](C)(C)C(C)(C)C. The first-order chi connectivity index (χ1) is 11.4. The Kier molecular flexibility index (Phi) is 7.37. The molecule has 0 aromatic rings. The minimum absolute atomic E-state index is 0.0461. The van der Waals surface area contributed by atoms with Crippen molar-refractivity contribution in [3.05, 3.63) is 0 Å². The smallest absolute Gasteiger partial charge is 0.192 e. The highest BCUT2D eigenvalue weighted by molar-refractivity contribution is 6.74. The Hall–Kier alpha value is 0.194. The second kappa shape index (κ2) is 7.90. The maximum atomic E-state index is 10.6. The van der Waals surface area contributed by atoms with Gasteiger partial charge >= 0.3 is 0 Å². The van der Waals surface area contributed by atoms with E-state index >= 15 is 0 Å². The monoisotopic (exact) mass is 408 g/mol. The van der Waals surface area contributed by atoms with E-state index in [1.54, 1.807) is 0 Å². The van der Waals surface area contributed by atoms with Crippen molar-refractivity contribution in [3.63, 3.8) is 0 Å². The molecule has 8 heteroatoms. The molecule has 156 valence electrons. The lowest BCUT2D eigenvalue weighted by atomic mass is 9.99. The number of aliphatic hydroxyl groups is 3. The highest BCUT2D eigenvalue weighted by atomic mass is 28.4. The van der Waals surface area contributed by atoms with Gasteiger partial charge in [0.1, 0.15) is 24.4 Å². The first kappa shape index (κ1) is 24.2. The zero-order valence-corrected chi connectivity index (χ0v) is 20.2. The van der Waals surface area contributed by atoms with Crippen molar-refractivity contribution in [3.8, 4) is 0 Å². The molecule has 0 amide bonds. The lowest BCUT2D eigenvalue weighted by Gasteiger charge is -2.50. The van der Waals surface area contributed by atoms with E-state index in [9.17, 15) is 15.3 Å². The Balaban J connectivity index is 3.25. The molecule has 0 saturated carbocycles. The molecule has 6 nitrogen and oxygen atoms in total. The van der Waals surface area contributed by atoms with Crippen molar-refractivity contribution < 1.29 is 28.9 Å². The molecule has 1 fully saturated rings. The molecular formula is C18H40O6Si2. The Labute approximate surface area is 161 Å². The average molecular weight is 409 g/mol. The molecule has 0 bridgehead atoms. The van der Waals surface area contributed by atoms with E-state index in [4.69, 9.17) is 13.6 Å². The van der Waals surface area contributed by atoms with Gasteiger partial charge in [-0.05, 0) is 36.3 Å². The van der Waals surface area contributed by atoms with Crippen LogP contribution in [0.1, 0.15) is 41.5 Å². The van der Waals surface area contributed by atoms with Crippen LogP contribution in [-0.4, -0.2) is 69.3 Å². The first-order valence-corrected chi connectivity index (χ1v) is 15.2. The van der Waals surface area contributed by atoms with Crippen LogP contribution in [0.4, 0.5) is 0 Å². The molecule has 0 aromatic heterocycles. The van der Waals surface area contributed by atoms with E-state index in [0.29, 0.717) is 0 Å². The van der Waals surface area contributed by atoms with Gasteiger partial charge in [0.25, 0.3) is 0 Å². The van der Waals surface area contributed by atoms with E-state index < -0.39 is 47.3 Å². The molecule has 5 atom stereocenters. The van der Waals surface area contributed by atoms with E-state index in [1.165, 1.54) is 0 Å². The number of rotatable bonds is 5. The quantitative estimate of drug-likeness (QED) is 0.606. The Bertz CT molecular complexity index is 441. The fraction of sp³-hybridized carbons (Fsp3) is 1.00. The molecule has 0 aromatic carbocycles. The van der Waals surface area contributed by atoms with Gasteiger partial charge in [0.2, 0.25) is 0 Å². The van der Waals surface area contributed by atoms with Crippen LogP contribution in [0.3, 0.4) is 0 Å². The van der Waals surface area contributed by atoms with Gasteiger partial charge in [-0.1, -0.05) is 41.5 Å². The third-order valence-corrected chi connectivity index (χ3v) is 15.2. The van der Waals surface area contributed by atoms with Gasteiger partial charge < -0.3 is 28.9 Å². The maximum Gasteiger partial charge on any atom is 0.192 e. The van der Waals surface area contributed by atoms with Crippen LogP contribution in [0.5, 0.6) is 0 Å². The van der Waals surface area contributed by atoms with E-state index in [2.05, 4.69) is 67.7 Å². The predicted octanol–water partition coefficient (Wildman–Crippen LogP) is 2.84. The van der Waals surface area contributed by atoms with Crippen molar-refractivity contribution in [1.29, 1.82) is 0 Å². The van der Waals surface area contributed by atoms with Gasteiger partial charge in [-0.25, -0.2) is 0 Å². The summed E-state index contributed by atoms with van der Waals surface area (Å²) in [6.45, 7) is 20.9. The summed E-state index contributed by atoms with van der Waals surface area (Å²) in [5, 5.41) is 30.5. The standard InChI is InChI=1S/C18H40O6Si2/c1-17(2,3)25(7,8)23-14-12(11-19)22-16(21)13(20)15(14)24-26(9,10)18(4,5)6/h12-16,19-21H,11H2,1-10H3/t12-,13-,14-,15-,16+/m1/s1. The summed E-state index contributed by atoms with van der Waals surface area (Å²) >= 11 is 0. The highest BCUT2D eigenvalue weighted by Crippen LogP contribution is 2.42. The van der Waals surface area contributed by atoms with Crippen LogP contribution < -0.4 is 0 Å². The number of aliphatic hydroxyl groups excluding tert-OH is 3. The topological polar surface area (TPSA) is 88.4 Å². The van der Waals surface area contributed by atoms with Crippen molar-refractivity contribution in [1.82, 2.24) is 0 Å². The van der Waals surface area contributed by atoms with Gasteiger partial charge in [-0.2, -0.15) is 0 Å². The van der Waals surface area contributed by atoms with Gasteiger partial charge in [0.15, 0.2) is 22.9 Å². The second-order valence-corrected chi connectivity index (χ2v) is 19.9. The molecule has 1 heterocycles. The minimum atomic E-state index is -2.24. The molecule has 1 saturated heterocycles. The van der Waals surface area contributed by atoms with Crippen LogP contribution in [0.15, 0.2) is 0 Å². The van der Waals surface area contributed by atoms with Gasteiger partial charge in [0, 0.05) is 0 Å². The van der Waals surface area contributed by atoms with Crippen molar-refractivity contribution in [2.45, 2.75) is 109 Å². The lowest BCUT2D eigenvalue weighted by molar-refractivity contribution is -0.280. The summed E-state index contributed by atoms with van der Waals surface area (Å²) in [6, 6.07) is 0. The van der Waals surface area contributed by atoms with Crippen molar-refractivity contribution >= 4 is 16.6 Å². The minimum Gasteiger partial charge on any atom is -0.408 e. The van der Waals surface area contributed by atoms with E-state index in [1.807, 2.05) is 0 Å². The Morgan fingerprint density at radius 3 is 1.54 bits per heavy atom. The lowest BCUT2D eigenvalue weighted by Crippen LogP contribution is -2.65. The fourth-order valence-electron chi connectivity index (χ4n) is 2.37. The van der Waals surface area contributed by atoms with Crippen LogP contribution in [0.25, 0.3) is 0 Å². The van der Waals surface area contributed by atoms with Crippen LogP contribution in [0.2, 0.25) is 36.3 Å². The van der Waals surface area contributed by atoms with Crippen molar-refractivity contribution in [2.75, 3.05) is 6.61 Å². The number of hydrogen-bond donors (Lipinski definition) is 3. The highest BCUT2D eigenvalue weighted by Gasteiger charge is 2.53. The summed E-state index contributed by atoms with van der Waals surface area (Å²) in [4.78, 5) is 0. The molecule has 0 radical (unpaired) electrons. The van der Waals surface area contributed by atoms with Crippen molar-refractivity contribution in [2.24, 2.45) is 0 Å². The van der Waals surface area contributed by atoms with Crippen LogP contribution >= 0.6 is 0 Å². The Morgan fingerprint density at radius 2 is 1.19 bits per heavy atom. The third-order valence-electron chi connectivity index (χ3n) is 6.29. The molecule has 1 rings (SSSR count). The Morgan fingerprint density at radius 1 is 0.808 bits per heavy atom. The van der Waals surface area contributed by atoms with Gasteiger partial charge in [-0.3, -0.25) is 0 Å². The van der Waals surface area contributed by atoms with Gasteiger partial charge in [0.05, 0.1) is 6.61 Å². The molecule has 1 aliphatic rings. The zero-order valence-electron chi connectivity index (χ0n) is 18.2. The molecular weight excluding hydrogens is 368 g/mol. The summed E-state index contributed by atoms with van der Waals surface area (Å²) < 4.78 is 18.4. The molecule has 1 aliphatic heterocycles. The molecule has 0 spiro atoms. The largest absolute Gasteiger partial charge is 0.408 e. The fourth-order valence-corrected chi connectivity index (χ4v) is 4.99. The summed E-state index contributed by atoms with van der Waals surface area (Å²) in [6.07, 6.45) is -4.74. The summed E-state index contributed by atoms with van der Waals surface area (Å²) in [5.74, 6) is 0. The van der Waals surface area contributed by atoms with Crippen LogP contribution in [-0.2, 0) is 13.6 Å². The molecule has 0 unspecified atom stereocenters. The number of hydrogen-bond acceptors (Lipinski definition) is 6. The van der Waals surface area contributed by atoms with Gasteiger partial charge in [-0.15, -0.1) is 0 Å². The maximum absolute atomic E-state index is 10.6. The molecule has 3 N–H and O–H groups in total. The van der Waals surface area contributed by atoms with Crippen LogP contribution in [0, 0.1) is 0 Å². The van der Waals surface area contributed by atoms with E-state index in [0.717, 1.165) is 0 Å². The average Bonchev–Trinajstić information content (AvgIpc) is 2.43. The summed E-state index contributed by atoms with van der Waals surface area (Å²) in [7, 11) is -4.46. The summed E-state index contributed by atoms with van der Waals surface area (Å²) in [5.41, 5.74) is 0. The zero-order chi connectivity index (χ0) is 20.7. The second-order valence-electron chi connectivity index (χ2n) is 10.4. The number of ether oxygens (including phenoxy) is 1.